The van der Waals surface area contributed by atoms with Gasteiger partial charge in [-0.1, -0.05) is 12.1 Å². The molecule has 2 aromatic carbocycles. The second-order valence-electron chi connectivity index (χ2n) is 7.52. The molecule has 1 amide bonds. The van der Waals surface area contributed by atoms with Crippen molar-refractivity contribution in [3.8, 4) is 5.75 Å². The summed E-state index contributed by atoms with van der Waals surface area (Å²) in [5, 5.41) is 2.91. The lowest BCUT2D eigenvalue weighted by atomic mass is 10.2. The standard InChI is InChI=1S/C22H26N4O4S/c1-30-17-9-11-18(12-10-17)31(28,29)26-15-4-8-21(26)22(27)23-13-5-14-25-16-24-19-6-2-3-7-20(19)25/h2-3,6-7,9-12,16,21H,4-5,8,13-15H2,1H3,(H,23,27)/t21-/m0/s1. The Hall–Kier alpha value is -2.91. The van der Waals surface area contributed by atoms with Gasteiger partial charge in [-0.05, 0) is 55.7 Å². The second-order valence-corrected chi connectivity index (χ2v) is 9.41. The summed E-state index contributed by atoms with van der Waals surface area (Å²) in [6.07, 6.45) is 3.71. The molecule has 1 atom stereocenters. The first kappa shape index (κ1) is 21.3. The van der Waals surface area contributed by atoms with Crippen LogP contribution in [0.5, 0.6) is 5.75 Å². The number of nitrogens with zero attached hydrogens (tertiary/aromatic N) is 3. The van der Waals surface area contributed by atoms with Crippen LogP contribution in [0.1, 0.15) is 19.3 Å². The molecule has 0 unspecified atom stereocenters. The third-order valence-electron chi connectivity index (χ3n) is 5.57. The fourth-order valence-corrected chi connectivity index (χ4v) is 5.60. The lowest BCUT2D eigenvalue weighted by Crippen LogP contribution is -2.46. The number of carbonyl (C=O) groups excluding carboxylic acids is 1. The smallest absolute Gasteiger partial charge is 0.243 e. The molecule has 4 rings (SSSR count). The SMILES string of the molecule is COc1ccc(S(=O)(=O)N2CCC[C@H]2C(=O)NCCCn2cnc3ccccc32)cc1. The van der Waals surface area contributed by atoms with Crippen molar-refractivity contribution in [3.63, 3.8) is 0 Å². The molecule has 1 N–H and O–H groups in total. The summed E-state index contributed by atoms with van der Waals surface area (Å²) >= 11 is 0. The highest BCUT2D eigenvalue weighted by molar-refractivity contribution is 7.89. The summed E-state index contributed by atoms with van der Waals surface area (Å²) in [6.45, 7) is 1.53. The van der Waals surface area contributed by atoms with E-state index in [9.17, 15) is 13.2 Å². The molecule has 1 aromatic heterocycles. The van der Waals surface area contributed by atoms with Crippen LogP contribution in [0.2, 0.25) is 0 Å². The third kappa shape index (κ3) is 4.42. The van der Waals surface area contributed by atoms with E-state index in [1.807, 2.05) is 24.3 Å². The van der Waals surface area contributed by atoms with Gasteiger partial charge in [-0.2, -0.15) is 4.31 Å². The molecule has 0 aliphatic carbocycles. The monoisotopic (exact) mass is 442 g/mol. The van der Waals surface area contributed by atoms with Crippen LogP contribution < -0.4 is 10.1 Å². The van der Waals surface area contributed by atoms with Crippen LogP contribution in [0.25, 0.3) is 11.0 Å². The fourth-order valence-electron chi connectivity index (χ4n) is 3.94. The number of hydrogen-bond donors (Lipinski definition) is 1. The Morgan fingerprint density at radius 3 is 2.74 bits per heavy atom. The Morgan fingerprint density at radius 1 is 1.19 bits per heavy atom. The second kappa shape index (κ2) is 9.07. The summed E-state index contributed by atoms with van der Waals surface area (Å²) in [4.78, 5) is 17.3. The number of carbonyl (C=O) groups is 1. The van der Waals surface area contributed by atoms with Crippen LogP contribution in [0.15, 0.2) is 59.8 Å². The van der Waals surface area contributed by atoms with E-state index >= 15 is 0 Å². The highest BCUT2D eigenvalue weighted by atomic mass is 32.2. The Labute approximate surface area is 181 Å². The molecule has 1 saturated heterocycles. The largest absolute Gasteiger partial charge is 0.497 e. The summed E-state index contributed by atoms with van der Waals surface area (Å²) in [6, 6.07) is 13.5. The van der Waals surface area contributed by atoms with Gasteiger partial charge in [0.05, 0.1) is 29.4 Å². The van der Waals surface area contributed by atoms with E-state index in [2.05, 4.69) is 14.9 Å². The lowest BCUT2D eigenvalue weighted by molar-refractivity contribution is -0.124. The van der Waals surface area contributed by atoms with Crippen LogP contribution in [-0.4, -0.2) is 54.4 Å². The van der Waals surface area contributed by atoms with Crippen molar-refractivity contribution in [1.29, 1.82) is 0 Å². The summed E-state index contributed by atoms with van der Waals surface area (Å²) in [7, 11) is -2.22. The fraction of sp³-hybridized carbons (Fsp3) is 0.364. The number of imidazole rings is 1. The average molecular weight is 443 g/mol. The maximum Gasteiger partial charge on any atom is 0.243 e. The van der Waals surface area contributed by atoms with E-state index in [0.717, 1.165) is 24.0 Å². The molecule has 1 fully saturated rings. The first-order valence-corrected chi connectivity index (χ1v) is 11.8. The lowest BCUT2D eigenvalue weighted by Gasteiger charge is -2.23. The number of amides is 1. The van der Waals surface area contributed by atoms with Crippen molar-refractivity contribution in [2.45, 2.75) is 36.7 Å². The topological polar surface area (TPSA) is 93.5 Å². The number of para-hydroxylation sites is 2. The Balaban J connectivity index is 1.35. The van der Waals surface area contributed by atoms with Gasteiger partial charge in [0.25, 0.3) is 0 Å². The molecule has 8 nitrogen and oxygen atoms in total. The van der Waals surface area contributed by atoms with Crippen molar-refractivity contribution in [1.82, 2.24) is 19.2 Å². The maximum absolute atomic E-state index is 13.1. The van der Waals surface area contributed by atoms with Crippen LogP contribution in [0.4, 0.5) is 0 Å². The van der Waals surface area contributed by atoms with E-state index < -0.39 is 16.1 Å². The number of sulfonamides is 1. The summed E-state index contributed by atoms with van der Waals surface area (Å²) < 4.78 is 34.6. The molecular weight excluding hydrogens is 416 g/mol. The highest BCUT2D eigenvalue weighted by Crippen LogP contribution is 2.27. The Kier molecular flexibility index (Phi) is 6.24. The van der Waals surface area contributed by atoms with Crippen molar-refractivity contribution in [3.05, 3.63) is 54.9 Å². The highest BCUT2D eigenvalue weighted by Gasteiger charge is 2.39. The zero-order valence-electron chi connectivity index (χ0n) is 17.4. The number of hydrogen-bond acceptors (Lipinski definition) is 5. The quantitative estimate of drug-likeness (QED) is 0.541. The number of rotatable bonds is 8. The van der Waals surface area contributed by atoms with E-state index in [1.165, 1.54) is 23.5 Å². The van der Waals surface area contributed by atoms with E-state index in [1.54, 1.807) is 18.5 Å². The van der Waals surface area contributed by atoms with Gasteiger partial charge in [0.1, 0.15) is 11.8 Å². The molecular formula is C22H26N4O4S. The Bertz CT molecular complexity index is 1160. The van der Waals surface area contributed by atoms with Crippen LogP contribution in [-0.2, 0) is 21.4 Å². The maximum atomic E-state index is 13.1. The first-order chi connectivity index (χ1) is 15.0. The molecule has 31 heavy (non-hydrogen) atoms. The molecule has 0 spiro atoms. The minimum Gasteiger partial charge on any atom is -0.497 e. The van der Waals surface area contributed by atoms with Gasteiger partial charge in [0.2, 0.25) is 15.9 Å². The number of benzene rings is 2. The van der Waals surface area contributed by atoms with Crippen molar-refractivity contribution >= 4 is 27.0 Å². The number of fused-ring (bicyclic) bond motifs is 1. The van der Waals surface area contributed by atoms with Gasteiger partial charge in [-0.15, -0.1) is 0 Å². The van der Waals surface area contributed by atoms with Gasteiger partial charge >= 0.3 is 0 Å². The number of nitrogens with one attached hydrogen (secondary N) is 1. The molecule has 0 radical (unpaired) electrons. The number of ether oxygens (including phenoxy) is 1. The predicted molar refractivity (Wildman–Crippen MR) is 117 cm³/mol. The van der Waals surface area contributed by atoms with Crippen LogP contribution >= 0.6 is 0 Å². The summed E-state index contributed by atoms with van der Waals surface area (Å²) in [5.74, 6) is 0.338. The van der Waals surface area contributed by atoms with Gasteiger partial charge < -0.3 is 14.6 Å². The molecule has 164 valence electrons. The van der Waals surface area contributed by atoms with E-state index in [-0.39, 0.29) is 10.8 Å². The molecule has 1 aliphatic rings. The van der Waals surface area contributed by atoms with Crippen LogP contribution in [0.3, 0.4) is 0 Å². The van der Waals surface area contributed by atoms with Crippen molar-refractivity contribution in [2.24, 2.45) is 0 Å². The first-order valence-electron chi connectivity index (χ1n) is 10.3. The van der Waals surface area contributed by atoms with Gasteiger partial charge in [-0.3, -0.25) is 4.79 Å². The normalized spacial score (nSPS) is 17.1. The zero-order chi connectivity index (χ0) is 21.8. The van der Waals surface area contributed by atoms with Crippen LogP contribution in [0, 0.1) is 0 Å². The van der Waals surface area contributed by atoms with Crippen molar-refractivity contribution < 1.29 is 17.9 Å². The van der Waals surface area contributed by atoms with Gasteiger partial charge in [0, 0.05) is 19.6 Å². The zero-order valence-corrected chi connectivity index (χ0v) is 18.2. The van der Waals surface area contributed by atoms with E-state index in [0.29, 0.717) is 31.7 Å². The summed E-state index contributed by atoms with van der Waals surface area (Å²) in [5.41, 5.74) is 2.00. The minimum absolute atomic E-state index is 0.167. The Morgan fingerprint density at radius 2 is 1.97 bits per heavy atom. The molecule has 9 heteroatoms. The van der Waals surface area contributed by atoms with Crippen molar-refractivity contribution in [2.75, 3.05) is 20.2 Å². The van der Waals surface area contributed by atoms with E-state index in [4.69, 9.17) is 4.74 Å². The number of aromatic nitrogens is 2. The van der Waals surface area contributed by atoms with Gasteiger partial charge in [0.15, 0.2) is 0 Å². The number of methoxy groups -OCH3 is 1. The third-order valence-corrected chi connectivity index (χ3v) is 7.50. The average Bonchev–Trinajstić information content (AvgIpc) is 3.45. The molecule has 1 aliphatic heterocycles. The predicted octanol–water partition coefficient (Wildman–Crippen LogP) is 2.40. The molecule has 0 bridgehead atoms. The molecule has 2 heterocycles. The van der Waals surface area contributed by atoms with Gasteiger partial charge in [-0.25, -0.2) is 13.4 Å². The number of aryl methyl sites for hydroxylation is 1. The molecule has 3 aromatic rings. The minimum atomic E-state index is -3.74. The molecule has 0 saturated carbocycles.